The molecule has 0 saturated heterocycles. The Labute approximate surface area is 153 Å². The van der Waals surface area contributed by atoms with Gasteiger partial charge in [-0.3, -0.25) is 14.2 Å². The summed E-state index contributed by atoms with van der Waals surface area (Å²) in [6.07, 6.45) is 4.40. The topological polar surface area (TPSA) is 64.7 Å². The second kappa shape index (κ2) is 7.56. The number of nitrogens with one attached hydrogen (secondary N) is 1. The second-order valence-corrected chi connectivity index (χ2v) is 6.71. The lowest BCUT2D eigenvalue weighted by molar-refractivity contribution is 0.0939. The lowest BCUT2D eigenvalue weighted by Crippen LogP contribution is -2.35. The third-order valence-corrected chi connectivity index (χ3v) is 4.70. The van der Waals surface area contributed by atoms with Gasteiger partial charge in [-0.05, 0) is 50.5 Å². The molecule has 1 aromatic carbocycles. The van der Waals surface area contributed by atoms with Gasteiger partial charge in [0.2, 0.25) is 0 Å². The minimum Gasteiger partial charge on any atom is -0.349 e. The fraction of sp³-hybridized carbons (Fsp3) is 0.350. The molecule has 0 spiro atoms. The molecular weight excluding hydrogens is 326 g/mol. The summed E-state index contributed by atoms with van der Waals surface area (Å²) >= 11 is 0. The first kappa shape index (κ1) is 17.9. The summed E-state index contributed by atoms with van der Waals surface area (Å²) in [4.78, 5) is 12.8. The number of rotatable bonds is 6. The zero-order chi connectivity index (χ0) is 18.7. The molecular formula is C20H25N5O. The molecule has 2 aromatic heterocycles. The zero-order valence-corrected chi connectivity index (χ0v) is 15.7. The van der Waals surface area contributed by atoms with E-state index in [1.165, 1.54) is 5.56 Å². The number of nitrogens with zero attached hydrogens (tertiary/aromatic N) is 4. The van der Waals surface area contributed by atoms with Gasteiger partial charge in [0.1, 0.15) is 0 Å². The lowest BCUT2D eigenvalue weighted by Gasteiger charge is -2.16. The number of amides is 1. The predicted octanol–water partition coefficient (Wildman–Crippen LogP) is 2.64. The molecule has 0 aliphatic rings. The lowest BCUT2D eigenvalue weighted by atomic mass is 10.0. The molecule has 0 aliphatic carbocycles. The van der Waals surface area contributed by atoms with Crippen molar-refractivity contribution in [2.75, 3.05) is 0 Å². The molecule has 1 atom stereocenters. The summed E-state index contributed by atoms with van der Waals surface area (Å²) in [5, 5.41) is 11.8. The third kappa shape index (κ3) is 3.85. The summed E-state index contributed by atoms with van der Waals surface area (Å²) in [5.74, 6) is -0.0561. The second-order valence-electron chi connectivity index (χ2n) is 6.71. The highest BCUT2D eigenvalue weighted by atomic mass is 16.1. The van der Waals surface area contributed by atoms with Crippen molar-refractivity contribution in [2.45, 2.75) is 39.8 Å². The van der Waals surface area contributed by atoms with Crippen LogP contribution < -0.4 is 5.32 Å². The van der Waals surface area contributed by atoms with Gasteiger partial charge >= 0.3 is 0 Å². The molecule has 136 valence electrons. The first-order valence-corrected chi connectivity index (χ1v) is 8.81. The summed E-state index contributed by atoms with van der Waals surface area (Å²) < 4.78 is 3.70. The van der Waals surface area contributed by atoms with Gasteiger partial charge in [-0.2, -0.15) is 10.2 Å². The number of carbonyl (C=O) groups excluding carboxylic acids is 1. The van der Waals surface area contributed by atoms with Crippen LogP contribution in [0.1, 0.15) is 39.8 Å². The van der Waals surface area contributed by atoms with Crippen molar-refractivity contribution in [3.8, 4) is 0 Å². The molecule has 26 heavy (non-hydrogen) atoms. The fourth-order valence-corrected chi connectivity index (χ4v) is 3.22. The summed E-state index contributed by atoms with van der Waals surface area (Å²) in [5.41, 5.74) is 5.00. The largest absolute Gasteiger partial charge is 0.349 e. The number of hydrogen-bond acceptors (Lipinski definition) is 3. The van der Waals surface area contributed by atoms with Crippen molar-refractivity contribution in [3.63, 3.8) is 0 Å². The molecule has 6 heteroatoms. The molecule has 0 fully saturated rings. The Morgan fingerprint density at radius 3 is 2.65 bits per heavy atom. The molecule has 1 amide bonds. The Bertz CT molecular complexity index is 895. The molecule has 6 nitrogen and oxygen atoms in total. The van der Waals surface area contributed by atoms with E-state index >= 15 is 0 Å². The van der Waals surface area contributed by atoms with Crippen LogP contribution in [0, 0.1) is 13.8 Å². The highest BCUT2D eigenvalue weighted by Crippen LogP contribution is 2.15. The predicted molar refractivity (Wildman–Crippen MR) is 101 cm³/mol. The molecule has 1 unspecified atom stereocenters. The minimum absolute atomic E-state index is 0.0156. The normalized spacial score (nSPS) is 12.2. The maximum atomic E-state index is 12.8. The van der Waals surface area contributed by atoms with Gasteiger partial charge in [-0.1, -0.05) is 18.2 Å². The Morgan fingerprint density at radius 2 is 2.00 bits per heavy atom. The number of aromatic nitrogens is 4. The number of hydrogen-bond donors (Lipinski definition) is 1. The van der Waals surface area contributed by atoms with Crippen molar-refractivity contribution < 1.29 is 4.79 Å². The van der Waals surface area contributed by atoms with E-state index in [9.17, 15) is 4.79 Å². The number of aryl methyl sites for hydroxylation is 2. The molecule has 3 aromatic rings. The van der Waals surface area contributed by atoms with Crippen molar-refractivity contribution in [3.05, 3.63) is 70.8 Å². The Kier molecular flexibility index (Phi) is 5.21. The van der Waals surface area contributed by atoms with E-state index in [-0.39, 0.29) is 11.9 Å². The maximum absolute atomic E-state index is 12.8. The average Bonchev–Trinajstić information content (AvgIpc) is 3.19. The summed E-state index contributed by atoms with van der Waals surface area (Å²) in [6.45, 7) is 6.67. The van der Waals surface area contributed by atoms with Crippen LogP contribution in [0.2, 0.25) is 0 Å². The van der Waals surface area contributed by atoms with Gasteiger partial charge in [0.05, 0.1) is 12.2 Å². The number of benzene rings is 1. The van der Waals surface area contributed by atoms with Gasteiger partial charge in [-0.25, -0.2) is 0 Å². The van der Waals surface area contributed by atoms with Crippen LogP contribution in [0.3, 0.4) is 0 Å². The van der Waals surface area contributed by atoms with E-state index in [1.54, 1.807) is 6.20 Å². The van der Waals surface area contributed by atoms with Crippen LogP contribution in [-0.4, -0.2) is 31.5 Å². The van der Waals surface area contributed by atoms with Crippen LogP contribution in [0.5, 0.6) is 0 Å². The first-order valence-electron chi connectivity index (χ1n) is 8.81. The fourth-order valence-electron chi connectivity index (χ4n) is 3.22. The maximum Gasteiger partial charge on any atom is 0.251 e. The Morgan fingerprint density at radius 1 is 1.23 bits per heavy atom. The standard InChI is InChI=1S/C20H25N5O/c1-14(12-19-15(2)23-24(4)16(19)3)22-20(26)18-9-6-5-8-17(18)13-25-11-7-10-21-25/h5-11,14H,12-13H2,1-4H3,(H,22,26). The molecule has 0 aliphatic heterocycles. The van der Waals surface area contributed by atoms with Gasteiger partial charge < -0.3 is 5.32 Å². The quantitative estimate of drug-likeness (QED) is 0.742. The molecule has 0 radical (unpaired) electrons. The Hall–Kier alpha value is -2.89. The van der Waals surface area contributed by atoms with Gasteiger partial charge in [0.15, 0.2) is 0 Å². The summed E-state index contributed by atoms with van der Waals surface area (Å²) in [7, 11) is 1.95. The monoisotopic (exact) mass is 351 g/mol. The van der Waals surface area contributed by atoms with Gasteiger partial charge in [0, 0.05) is 36.7 Å². The van der Waals surface area contributed by atoms with Crippen LogP contribution in [0.15, 0.2) is 42.7 Å². The number of carbonyl (C=O) groups is 1. The summed E-state index contributed by atoms with van der Waals surface area (Å²) in [6, 6.07) is 9.56. The Balaban J connectivity index is 1.71. The molecule has 0 saturated carbocycles. The van der Waals surface area contributed by atoms with E-state index in [4.69, 9.17) is 0 Å². The van der Waals surface area contributed by atoms with E-state index in [2.05, 4.69) is 22.4 Å². The smallest absolute Gasteiger partial charge is 0.251 e. The molecule has 0 bridgehead atoms. The molecule has 1 N–H and O–H groups in total. The minimum atomic E-state index is -0.0561. The van der Waals surface area contributed by atoms with Crippen LogP contribution >= 0.6 is 0 Å². The van der Waals surface area contributed by atoms with Crippen molar-refractivity contribution >= 4 is 5.91 Å². The van der Waals surface area contributed by atoms with E-state index in [1.807, 2.05) is 66.8 Å². The first-order chi connectivity index (χ1) is 12.5. The van der Waals surface area contributed by atoms with Crippen molar-refractivity contribution in [2.24, 2.45) is 7.05 Å². The van der Waals surface area contributed by atoms with E-state index in [0.717, 1.165) is 23.4 Å². The molecule has 3 rings (SSSR count). The van der Waals surface area contributed by atoms with Crippen LogP contribution in [0.4, 0.5) is 0 Å². The highest BCUT2D eigenvalue weighted by molar-refractivity contribution is 5.95. The zero-order valence-electron chi connectivity index (χ0n) is 15.7. The highest BCUT2D eigenvalue weighted by Gasteiger charge is 2.17. The van der Waals surface area contributed by atoms with Gasteiger partial charge in [0.25, 0.3) is 5.91 Å². The van der Waals surface area contributed by atoms with E-state index < -0.39 is 0 Å². The van der Waals surface area contributed by atoms with Crippen molar-refractivity contribution in [1.29, 1.82) is 0 Å². The average molecular weight is 351 g/mol. The van der Waals surface area contributed by atoms with E-state index in [0.29, 0.717) is 12.1 Å². The SMILES string of the molecule is Cc1nn(C)c(C)c1CC(C)NC(=O)c1ccccc1Cn1cccn1. The van der Waals surface area contributed by atoms with Crippen LogP contribution in [-0.2, 0) is 20.0 Å². The molecule has 2 heterocycles. The van der Waals surface area contributed by atoms with Crippen molar-refractivity contribution in [1.82, 2.24) is 24.9 Å². The van der Waals surface area contributed by atoms with Gasteiger partial charge in [-0.15, -0.1) is 0 Å². The van der Waals surface area contributed by atoms with Crippen LogP contribution in [0.25, 0.3) is 0 Å². The third-order valence-electron chi connectivity index (χ3n) is 4.70.